The van der Waals surface area contributed by atoms with Gasteiger partial charge in [-0.15, -0.1) is 0 Å². The van der Waals surface area contributed by atoms with Crippen molar-refractivity contribution >= 4 is 5.69 Å². The van der Waals surface area contributed by atoms with Gasteiger partial charge in [0, 0.05) is 18.7 Å². The minimum Gasteiger partial charge on any atom is -0.496 e. The van der Waals surface area contributed by atoms with Crippen LogP contribution in [-0.4, -0.2) is 33.4 Å². The van der Waals surface area contributed by atoms with E-state index in [9.17, 15) is 0 Å². The molecule has 0 heterocycles. The molecule has 1 aromatic carbocycles. The third-order valence-electron chi connectivity index (χ3n) is 3.27. The Balaban J connectivity index is 3.30. The average Bonchev–Trinajstić information content (AvgIpc) is 2.40. The van der Waals surface area contributed by atoms with Crippen molar-refractivity contribution in [3.05, 3.63) is 17.7 Å². The van der Waals surface area contributed by atoms with Gasteiger partial charge in [-0.2, -0.15) is 0 Å². The van der Waals surface area contributed by atoms with E-state index in [1.165, 1.54) is 0 Å². The highest BCUT2D eigenvalue weighted by Crippen LogP contribution is 2.36. The molecular weight excluding hydrogens is 240 g/mol. The van der Waals surface area contributed by atoms with Crippen LogP contribution in [0.25, 0.3) is 0 Å². The number of hydrogen-bond donors (Lipinski definition) is 1. The predicted molar refractivity (Wildman–Crippen MR) is 80.5 cm³/mol. The Hall–Kier alpha value is -1.42. The molecule has 0 aromatic heterocycles. The summed E-state index contributed by atoms with van der Waals surface area (Å²) in [7, 11) is 3.39. The van der Waals surface area contributed by atoms with Crippen LogP contribution in [0.2, 0.25) is 0 Å². The first-order valence-electron chi connectivity index (χ1n) is 6.80. The van der Waals surface area contributed by atoms with E-state index >= 15 is 0 Å². The van der Waals surface area contributed by atoms with Crippen LogP contribution in [0.15, 0.2) is 12.1 Å². The highest BCUT2D eigenvalue weighted by molar-refractivity contribution is 5.64. The second-order valence-corrected chi connectivity index (χ2v) is 4.75. The Bertz CT molecular complexity index is 405. The van der Waals surface area contributed by atoms with Crippen LogP contribution in [-0.2, 0) is 6.42 Å². The highest BCUT2D eigenvalue weighted by Gasteiger charge is 2.17. The van der Waals surface area contributed by atoms with Crippen molar-refractivity contribution in [2.24, 2.45) is 5.73 Å². The molecular formula is C15H26N2O2. The maximum absolute atomic E-state index is 5.64. The molecule has 0 fully saturated rings. The zero-order valence-electron chi connectivity index (χ0n) is 12.7. The minimum atomic E-state index is 0.406. The molecule has 4 nitrogen and oxygen atoms in total. The zero-order valence-corrected chi connectivity index (χ0v) is 12.7. The van der Waals surface area contributed by atoms with Gasteiger partial charge in [-0.3, -0.25) is 0 Å². The van der Waals surface area contributed by atoms with E-state index in [2.05, 4.69) is 25.7 Å². The Labute approximate surface area is 116 Å². The number of nitrogens with two attached hydrogens (primary N) is 1. The molecule has 0 aliphatic carbocycles. The first kappa shape index (κ1) is 15.6. The van der Waals surface area contributed by atoms with Gasteiger partial charge in [0.1, 0.15) is 11.5 Å². The van der Waals surface area contributed by atoms with E-state index in [4.69, 9.17) is 15.2 Å². The predicted octanol–water partition coefficient (Wildman–Crippen LogP) is 2.44. The van der Waals surface area contributed by atoms with E-state index in [-0.39, 0.29) is 0 Å². The van der Waals surface area contributed by atoms with Gasteiger partial charge in [-0.05, 0) is 45.4 Å². The van der Waals surface area contributed by atoms with E-state index in [0.29, 0.717) is 12.6 Å². The molecule has 0 atom stereocenters. The van der Waals surface area contributed by atoms with Crippen LogP contribution in [0.4, 0.5) is 5.69 Å². The van der Waals surface area contributed by atoms with Crippen molar-refractivity contribution < 1.29 is 9.47 Å². The summed E-state index contributed by atoms with van der Waals surface area (Å²) >= 11 is 0. The molecule has 0 bridgehead atoms. The first-order chi connectivity index (χ1) is 9.08. The largest absolute Gasteiger partial charge is 0.496 e. The summed E-state index contributed by atoms with van der Waals surface area (Å²) < 4.78 is 11.0. The lowest BCUT2D eigenvalue weighted by Gasteiger charge is -2.30. The summed E-state index contributed by atoms with van der Waals surface area (Å²) in [5.74, 6) is 1.75. The first-order valence-corrected chi connectivity index (χ1v) is 6.80. The van der Waals surface area contributed by atoms with Gasteiger partial charge in [0.05, 0.1) is 19.9 Å². The summed E-state index contributed by atoms with van der Waals surface area (Å²) in [6.07, 6.45) is 0.785. The maximum Gasteiger partial charge on any atom is 0.142 e. The van der Waals surface area contributed by atoms with Crippen LogP contribution in [0.1, 0.15) is 26.3 Å². The number of rotatable bonds is 7. The molecule has 19 heavy (non-hydrogen) atoms. The SMILES string of the molecule is CCN(c1cc(OC)c(CCN)cc1OC)C(C)C. The lowest BCUT2D eigenvalue weighted by Crippen LogP contribution is -2.30. The summed E-state index contributed by atoms with van der Waals surface area (Å²) in [6, 6.07) is 4.49. The van der Waals surface area contributed by atoms with E-state index < -0.39 is 0 Å². The molecule has 0 spiro atoms. The molecule has 0 saturated carbocycles. The van der Waals surface area contributed by atoms with E-state index in [1.54, 1.807) is 14.2 Å². The molecule has 108 valence electrons. The van der Waals surface area contributed by atoms with Crippen LogP contribution in [0, 0.1) is 0 Å². The van der Waals surface area contributed by atoms with Crippen LogP contribution < -0.4 is 20.1 Å². The Morgan fingerprint density at radius 2 is 1.79 bits per heavy atom. The van der Waals surface area contributed by atoms with Crippen molar-refractivity contribution in [2.75, 3.05) is 32.2 Å². The molecule has 0 aliphatic rings. The van der Waals surface area contributed by atoms with Crippen molar-refractivity contribution in [3.63, 3.8) is 0 Å². The average molecular weight is 266 g/mol. The summed E-state index contributed by atoms with van der Waals surface area (Å²) in [4.78, 5) is 2.29. The Morgan fingerprint density at radius 3 is 2.21 bits per heavy atom. The standard InChI is InChI=1S/C15H26N2O2/c1-6-17(11(2)3)13-10-14(18-4)12(7-8-16)9-15(13)19-5/h9-11H,6-8,16H2,1-5H3. The maximum atomic E-state index is 5.64. The van der Waals surface area contributed by atoms with Gasteiger partial charge >= 0.3 is 0 Å². The molecule has 2 N–H and O–H groups in total. The monoisotopic (exact) mass is 266 g/mol. The van der Waals surface area contributed by atoms with Crippen molar-refractivity contribution in [1.29, 1.82) is 0 Å². The quantitative estimate of drug-likeness (QED) is 0.823. The van der Waals surface area contributed by atoms with Gasteiger partial charge in [0.25, 0.3) is 0 Å². The lowest BCUT2D eigenvalue weighted by molar-refractivity contribution is 0.398. The smallest absolute Gasteiger partial charge is 0.142 e. The highest BCUT2D eigenvalue weighted by atomic mass is 16.5. The van der Waals surface area contributed by atoms with Crippen LogP contribution in [0.5, 0.6) is 11.5 Å². The molecule has 0 saturated heterocycles. The summed E-state index contributed by atoms with van der Waals surface area (Å²) in [5.41, 5.74) is 7.80. The third-order valence-corrected chi connectivity index (χ3v) is 3.27. The molecule has 1 aromatic rings. The molecule has 0 amide bonds. The molecule has 0 unspecified atom stereocenters. The molecule has 1 rings (SSSR count). The zero-order chi connectivity index (χ0) is 14.4. The molecule has 4 heteroatoms. The van der Waals surface area contributed by atoms with Crippen molar-refractivity contribution in [3.8, 4) is 11.5 Å². The number of nitrogens with zero attached hydrogens (tertiary/aromatic N) is 1. The number of anilines is 1. The fourth-order valence-electron chi connectivity index (χ4n) is 2.33. The second kappa shape index (κ2) is 7.24. The van der Waals surface area contributed by atoms with E-state index in [1.807, 2.05) is 12.1 Å². The fourth-order valence-corrected chi connectivity index (χ4v) is 2.33. The van der Waals surface area contributed by atoms with Gasteiger partial charge in [-0.25, -0.2) is 0 Å². The minimum absolute atomic E-state index is 0.406. The van der Waals surface area contributed by atoms with Crippen molar-refractivity contribution in [1.82, 2.24) is 0 Å². The summed E-state index contributed by atoms with van der Waals surface area (Å²) in [6.45, 7) is 8.00. The topological polar surface area (TPSA) is 47.7 Å². The van der Waals surface area contributed by atoms with Crippen molar-refractivity contribution in [2.45, 2.75) is 33.2 Å². The molecule has 0 aliphatic heterocycles. The summed E-state index contributed by atoms with van der Waals surface area (Å²) in [5, 5.41) is 0. The number of ether oxygens (including phenoxy) is 2. The Morgan fingerprint density at radius 1 is 1.16 bits per heavy atom. The second-order valence-electron chi connectivity index (χ2n) is 4.75. The Kier molecular flexibility index (Phi) is 5.96. The van der Waals surface area contributed by atoms with Gasteiger partial charge in [-0.1, -0.05) is 0 Å². The van der Waals surface area contributed by atoms with E-state index in [0.717, 1.165) is 35.7 Å². The third kappa shape index (κ3) is 3.53. The van der Waals surface area contributed by atoms with Gasteiger partial charge < -0.3 is 20.1 Å². The van der Waals surface area contributed by atoms with Gasteiger partial charge in [0.15, 0.2) is 0 Å². The fraction of sp³-hybridized carbons (Fsp3) is 0.600. The number of methoxy groups -OCH3 is 2. The molecule has 0 radical (unpaired) electrons. The lowest BCUT2D eigenvalue weighted by atomic mass is 10.1. The van der Waals surface area contributed by atoms with Crippen LogP contribution in [0.3, 0.4) is 0 Å². The number of benzene rings is 1. The van der Waals surface area contributed by atoms with Crippen LogP contribution >= 0.6 is 0 Å². The normalized spacial score (nSPS) is 10.7. The van der Waals surface area contributed by atoms with Gasteiger partial charge in [0.2, 0.25) is 0 Å². The number of hydrogen-bond acceptors (Lipinski definition) is 4.